The fourth-order valence-corrected chi connectivity index (χ4v) is 5.06. The second kappa shape index (κ2) is 5.38. The highest BCUT2D eigenvalue weighted by Crippen LogP contribution is 2.43. The van der Waals surface area contributed by atoms with Crippen LogP contribution in [0.15, 0.2) is 90.2 Å². The number of hydrogen-bond donors (Lipinski definition) is 2. The summed E-state index contributed by atoms with van der Waals surface area (Å²) < 4.78 is 0. The molecule has 0 saturated carbocycles. The van der Waals surface area contributed by atoms with Crippen molar-refractivity contribution in [3.8, 4) is 0 Å². The van der Waals surface area contributed by atoms with Gasteiger partial charge in [0.25, 0.3) is 0 Å². The Kier molecular flexibility index (Phi) is 2.98. The largest absolute Gasteiger partial charge is 0.378 e. The molecule has 2 nitrogen and oxygen atoms in total. The molecule has 0 spiro atoms. The summed E-state index contributed by atoms with van der Waals surface area (Å²) in [7, 11) is 0. The van der Waals surface area contributed by atoms with Crippen molar-refractivity contribution in [1.29, 1.82) is 0 Å². The third-order valence-electron chi connectivity index (χ3n) is 6.40. The Balaban J connectivity index is 1.35. The molecule has 6 rings (SSSR count). The van der Waals surface area contributed by atoms with E-state index >= 15 is 0 Å². The van der Waals surface area contributed by atoms with E-state index in [4.69, 9.17) is 0 Å². The first-order chi connectivity index (χ1) is 12.9. The van der Waals surface area contributed by atoms with Crippen molar-refractivity contribution in [1.82, 2.24) is 5.32 Å². The summed E-state index contributed by atoms with van der Waals surface area (Å²) >= 11 is 0. The molecule has 1 aromatic carbocycles. The van der Waals surface area contributed by atoms with E-state index in [1.54, 1.807) is 0 Å². The van der Waals surface area contributed by atoms with Crippen LogP contribution in [0.4, 0.5) is 5.69 Å². The first-order valence-corrected chi connectivity index (χ1v) is 9.66. The minimum atomic E-state index is 0.417. The molecular weight excluding hydrogens is 316 g/mol. The summed E-state index contributed by atoms with van der Waals surface area (Å²) in [5.74, 6) is 1.43. The maximum Gasteiger partial charge on any atom is 0.0551 e. The predicted octanol–water partition coefficient (Wildman–Crippen LogP) is 4.70. The van der Waals surface area contributed by atoms with Crippen molar-refractivity contribution in [2.45, 2.75) is 30.3 Å². The summed E-state index contributed by atoms with van der Waals surface area (Å²) in [6.45, 7) is 0. The van der Waals surface area contributed by atoms with Gasteiger partial charge in [-0.3, -0.25) is 0 Å². The summed E-state index contributed by atoms with van der Waals surface area (Å²) in [5.41, 5.74) is 7.00. The molecule has 1 saturated heterocycles. The Morgan fingerprint density at radius 2 is 1.58 bits per heavy atom. The fraction of sp³-hybridized carbons (Fsp3) is 0.250. The van der Waals surface area contributed by atoms with Crippen LogP contribution in [0.2, 0.25) is 0 Å². The maximum atomic E-state index is 3.67. The van der Waals surface area contributed by atoms with Crippen molar-refractivity contribution >= 4 is 5.69 Å². The summed E-state index contributed by atoms with van der Waals surface area (Å²) in [6.07, 6.45) is 23.9. The summed E-state index contributed by atoms with van der Waals surface area (Å²) in [5, 5.41) is 7.32. The number of rotatable bonds is 1. The number of benzene rings is 1. The van der Waals surface area contributed by atoms with Gasteiger partial charge in [-0.2, -0.15) is 0 Å². The zero-order chi connectivity index (χ0) is 17.1. The standard InChI is InChI=1S/C24H22N2/c1-3-7-21-17(5-1)19-13-15(9-11-23(19)25-21)16-10-12-24-20(14-16)18-6-2-4-8-22(18)26-24/h1-9,11-14,16-18,21-22,25-26H,10H2. The van der Waals surface area contributed by atoms with Crippen LogP contribution in [0, 0.1) is 5.92 Å². The van der Waals surface area contributed by atoms with Crippen molar-refractivity contribution in [3.05, 3.63) is 101 Å². The van der Waals surface area contributed by atoms with Gasteiger partial charge in [-0.25, -0.2) is 0 Å². The lowest BCUT2D eigenvalue weighted by atomic mass is 9.82. The van der Waals surface area contributed by atoms with Gasteiger partial charge in [0.15, 0.2) is 0 Å². The van der Waals surface area contributed by atoms with Crippen molar-refractivity contribution < 1.29 is 0 Å². The smallest absolute Gasteiger partial charge is 0.0551 e. The van der Waals surface area contributed by atoms with Crippen LogP contribution < -0.4 is 10.6 Å². The predicted molar refractivity (Wildman–Crippen MR) is 107 cm³/mol. The van der Waals surface area contributed by atoms with Gasteiger partial charge in [0.1, 0.15) is 0 Å². The van der Waals surface area contributed by atoms with E-state index in [0.29, 0.717) is 29.8 Å². The quantitative estimate of drug-likeness (QED) is 0.775. The van der Waals surface area contributed by atoms with Crippen LogP contribution in [-0.2, 0) is 0 Å². The van der Waals surface area contributed by atoms with Crippen molar-refractivity contribution in [2.75, 3.05) is 5.32 Å². The normalized spacial score (nSPS) is 34.8. The van der Waals surface area contributed by atoms with Gasteiger partial charge in [-0.15, -0.1) is 0 Å². The second-order valence-corrected chi connectivity index (χ2v) is 7.86. The number of anilines is 1. The zero-order valence-electron chi connectivity index (χ0n) is 14.6. The van der Waals surface area contributed by atoms with Gasteiger partial charge in [0.05, 0.1) is 12.1 Å². The van der Waals surface area contributed by atoms with Crippen LogP contribution in [-0.4, -0.2) is 12.1 Å². The number of allylic oxidation sites excluding steroid dienone is 7. The van der Waals surface area contributed by atoms with E-state index in [1.165, 1.54) is 28.1 Å². The molecule has 0 aromatic heterocycles. The van der Waals surface area contributed by atoms with Gasteiger partial charge in [-0.1, -0.05) is 72.9 Å². The monoisotopic (exact) mass is 338 g/mol. The first kappa shape index (κ1) is 14.4. The Labute approximate surface area is 154 Å². The minimum absolute atomic E-state index is 0.417. The van der Waals surface area contributed by atoms with Crippen LogP contribution >= 0.6 is 0 Å². The molecular formula is C24H22N2. The van der Waals surface area contributed by atoms with Crippen LogP contribution in [0.1, 0.15) is 29.4 Å². The van der Waals surface area contributed by atoms with Gasteiger partial charge < -0.3 is 10.6 Å². The fourth-order valence-electron chi connectivity index (χ4n) is 5.06. The highest BCUT2D eigenvalue weighted by Gasteiger charge is 2.35. The van der Waals surface area contributed by atoms with Gasteiger partial charge in [-0.05, 0) is 29.2 Å². The van der Waals surface area contributed by atoms with Crippen LogP contribution in [0.25, 0.3) is 0 Å². The molecule has 5 aliphatic rings. The van der Waals surface area contributed by atoms with Gasteiger partial charge >= 0.3 is 0 Å². The molecule has 2 aliphatic heterocycles. The summed E-state index contributed by atoms with van der Waals surface area (Å²) in [6, 6.07) is 7.88. The maximum absolute atomic E-state index is 3.67. The second-order valence-electron chi connectivity index (χ2n) is 7.86. The molecule has 128 valence electrons. The lowest BCUT2D eigenvalue weighted by Crippen LogP contribution is -2.23. The van der Waals surface area contributed by atoms with E-state index in [-0.39, 0.29) is 0 Å². The molecule has 2 heterocycles. The Hall–Kier alpha value is -2.74. The minimum Gasteiger partial charge on any atom is -0.378 e. The molecule has 0 amide bonds. The van der Waals surface area contributed by atoms with Crippen molar-refractivity contribution in [3.63, 3.8) is 0 Å². The van der Waals surface area contributed by atoms with Crippen LogP contribution in [0.5, 0.6) is 0 Å². The van der Waals surface area contributed by atoms with Crippen LogP contribution in [0.3, 0.4) is 0 Å². The number of fused-ring (bicyclic) bond motifs is 6. The molecule has 0 bridgehead atoms. The lowest BCUT2D eigenvalue weighted by Gasteiger charge is -2.21. The average molecular weight is 338 g/mol. The summed E-state index contributed by atoms with van der Waals surface area (Å²) in [4.78, 5) is 0. The SMILES string of the molecule is C1=CC2NC3=CCC(c4ccc5c(c4)C4C=CC=CC4N5)C=C3C2C=C1. The molecule has 1 fully saturated rings. The highest BCUT2D eigenvalue weighted by atomic mass is 15.0. The lowest BCUT2D eigenvalue weighted by molar-refractivity contribution is 0.652. The molecule has 26 heavy (non-hydrogen) atoms. The van der Waals surface area contributed by atoms with Crippen molar-refractivity contribution in [2.24, 2.45) is 5.92 Å². The zero-order valence-corrected chi connectivity index (χ0v) is 14.6. The molecule has 0 radical (unpaired) electrons. The average Bonchev–Trinajstić information content (AvgIpc) is 3.25. The highest BCUT2D eigenvalue weighted by molar-refractivity contribution is 5.64. The third-order valence-corrected chi connectivity index (χ3v) is 6.40. The van der Waals surface area contributed by atoms with Gasteiger partial charge in [0.2, 0.25) is 0 Å². The molecule has 2 N–H and O–H groups in total. The molecule has 5 unspecified atom stereocenters. The third kappa shape index (κ3) is 2.05. The number of hydrogen-bond acceptors (Lipinski definition) is 2. The van der Waals surface area contributed by atoms with E-state index in [2.05, 4.69) is 89.6 Å². The Morgan fingerprint density at radius 1 is 0.808 bits per heavy atom. The Morgan fingerprint density at radius 3 is 2.46 bits per heavy atom. The molecule has 5 atom stereocenters. The van der Waals surface area contributed by atoms with E-state index in [0.717, 1.165) is 6.42 Å². The molecule has 3 aliphatic carbocycles. The molecule has 2 heteroatoms. The molecule has 1 aromatic rings. The van der Waals surface area contributed by atoms with E-state index in [9.17, 15) is 0 Å². The van der Waals surface area contributed by atoms with E-state index in [1.807, 2.05) is 0 Å². The Bertz CT molecular complexity index is 956. The van der Waals surface area contributed by atoms with Gasteiger partial charge in [0, 0.05) is 29.1 Å². The van der Waals surface area contributed by atoms with E-state index < -0.39 is 0 Å². The topological polar surface area (TPSA) is 24.1 Å². The number of nitrogens with one attached hydrogen (secondary N) is 2. The first-order valence-electron chi connectivity index (χ1n) is 9.66.